The number of hydrogen-bond acceptors (Lipinski definition) is 2. The van der Waals surface area contributed by atoms with E-state index in [0.717, 1.165) is 4.47 Å². The molecular weight excluding hydrogens is 269 g/mol. The largest absolute Gasteiger partial charge is 0.414 e. The third kappa shape index (κ3) is 3.28. The van der Waals surface area contributed by atoms with Crippen molar-refractivity contribution in [2.24, 2.45) is 0 Å². The van der Waals surface area contributed by atoms with Crippen LogP contribution in [0.2, 0.25) is 0 Å². The summed E-state index contributed by atoms with van der Waals surface area (Å²) in [6, 6.07) is 1.57. The number of thiophene rings is 1. The van der Waals surface area contributed by atoms with E-state index in [1.807, 2.05) is 0 Å². The molecule has 0 aliphatic rings. The van der Waals surface area contributed by atoms with E-state index in [9.17, 15) is 13.2 Å². The average Bonchev–Trinajstić information content (AvgIpc) is 2.33. The van der Waals surface area contributed by atoms with Crippen LogP contribution in [0.3, 0.4) is 0 Å². The highest BCUT2D eigenvalue weighted by Crippen LogP contribution is 2.26. The topological polar surface area (TPSA) is 20.2 Å². The fraction of sp³-hybridized carbons (Fsp3) is 0.429. The van der Waals surface area contributed by atoms with Gasteiger partial charge in [-0.3, -0.25) is 0 Å². The van der Waals surface area contributed by atoms with Crippen molar-refractivity contribution in [1.29, 1.82) is 0 Å². The summed E-state index contributed by atoms with van der Waals surface area (Å²) in [7, 11) is 0. The molecule has 1 aromatic rings. The van der Waals surface area contributed by atoms with Crippen LogP contribution in [0.1, 0.15) is 4.88 Å². The fourth-order valence-corrected chi connectivity index (χ4v) is 2.26. The smallest absolute Gasteiger partial charge is 0.383 e. The van der Waals surface area contributed by atoms with Gasteiger partial charge in [-0.1, -0.05) is 0 Å². The molecule has 0 aromatic carbocycles. The third-order valence-electron chi connectivity index (χ3n) is 1.39. The summed E-state index contributed by atoms with van der Waals surface area (Å²) in [6.45, 7) is 0. The fourth-order valence-electron chi connectivity index (χ4n) is 0.767. The highest BCUT2D eigenvalue weighted by atomic mass is 79.9. The van der Waals surface area contributed by atoms with Crippen LogP contribution in [0.25, 0.3) is 0 Å². The molecule has 1 unspecified atom stereocenters. The SMILES string of the molecule is OC(Cc1cc(Br)cs1)C(F)(F)F. The minimum Gasteiger partial charge on any atom is -0.383 e. The van der Waals surface area contributed by atoms with Crippen LogP contribution in [-0.2, 0) is 6.42 Å². The van der Waals surface area contributed by atoms with Gasteiger partial charge in [0.25, 0.3) is 0 Å². The lowest BCUT2D eigenvalue weighted by atomic mass is 10.2. The average molecular weight is 275 g/mol. The van der Waals surface area contributed by atoms with E-state index in [4.69, 9.17) is 5.11 Å². The summed E-state index contributed by atoms with van der Waals surface area (Å²) in [5.41, 5.74) is 0. The van der Waals surface area contributed by atoms with Crippen molar-refractivity contribution in [2.75, 3.05) is 0 Å². The molecule has 0 aliphatic heterocycles. The van der Waals surface area contributed by atoms with E-state index in [1.54, 1.807) is 11.4 Å². The normalized spacial score (nSPS) is 14.5. The monoisotopic (exact) mass is 274 g/mol. The van der Waals surface area contributed by atoms with E-state index in [2.05, 4.69) is 15.9 Å². The maximum atomic E-state index is 11.9. The molecule has 0 fully saturated rings. The van der Waals surface area contributed by atoms with Crippen LogP contribution in [0.5, 0.6) is 0 Å². The summed E-state index contributed by atoms with van der Waals surface area (Å²) in [5.74, 6) is 0. The van der Waals surface area contributed by atoms with Crippen molar-refractivity contribution in [3.63, 3.8) is 0 Å². The van der Waals surface area contributed by atoms with Crippen LogP contribution >= 0.6 is 27.3 Å². The van der Waals surface area contributed by atoms with Crippen LogP contribution in [0.4, 0.5) is 13.2 Å². The second-order valence-corrected chi connectivity index (χ2v) is 4.40. The molecule has 0 aliphatic carbocycles. The van der Waals surface area contributed by atoms with Gasteiger partial charge in [-0.25, -0.2) is 0 Å². The lowest BCUT2D eigenvalue weighted by molar-refractivity contribution is -0.202. The Morgan fingerprint density at radius 3 is 2.54 bits per heavy atom. The molecule has 1 atom stereocenters. The second-order valence-electron chi connectivity index (χ2n) is 2.49. The van der Waals surface area contributed by atoms with Crippen LogP contribution in [0, 0.1) is 0 Å². The van der Waals surface area contributed by atoms with Gasteiger partial charge < -0.3 is 5.11 Å². The van der Waals surface area contributed by atoms with Gasteiger partial charge in [-0.05, 0) is 22.0 Å². The summed E-state index contributed by atoms with van der Waals surface area (Å²) < 4.78 is 36.4. The van der Waals surface area contributed by atoms with Gasteiger partial charge in [0, 0.05) is 21.2 Å². The molecule has 0 bridgehead atoms. The first-order valence-electron chi connectivity index (χ1n) is 3.37. The molecule has 1 N–H and O–H groups in total. The standard InChI is InChI=1S/C7H6BrF3OS/c8-4-1-5(13-3-4)2-6(12)7(9,10)11/h1,3,6,12H,2H2. The highest BCUT2D eigenvalue weighted by molar-refractivity contribution is 9.10. The van der Waals surface area contributed by atoms with Crippen LogP contribution in [0.15, 0.2) is 15.9 Å². The molecule has 0 saturated carbocycles. The molecule has 0 amide bonds. The van der Waals surface area contributed by atoms with Gasteiger partial charge in [0.2, 0.25) is 0 Å². The number of aliphatic hydroxyl groups is 1. The molecule has 1 aromatic heterocycles. The number of rotatable bonds is 2. The van der Waals surface area contributed by atoms with E-state index in [0.29, 0.717) is 4.88 Å². The Morgan fingerprint density at radius 2 is 2.15 bits per heavy atom. The van der Waals surface area contributed by atoms with Crippen molar-refractivity contribution in [3.05, 3.63) is 20.8 Å². The Morgan fingerprint density at radius 1 is 1.54 bits per heavy atom. The summed E-state index contributed by atoms with van der Waals surface area (Å²) in [6.07, 6.45) is -7.17. The zero-order chi connectivity index (χ0) is 10.1. The number of aliphatic hydroxyl groups excluding tert-OH is 1. The first kappa shape index (κ1) is 11.0. The molecule has 0 spiro atoms. The van der Waals surface area contributed by atoms with Crippen LogP contribution < -0.4 is 0 Å². The van der Waals surface area contributed by atoms with Gasteiger partial charge in [0.1, 0.15) is 0 Å². The number of hydrogen-bond donors (Lipinski definition) is 1. The van der Waals surface area contributed by atoms with Crippen molar-refractivity contribution < 1.29 is 18.3 Å². The molecule has 0 saturated heterocycles. The van der Waals surface area contributed by atoms with Crippen molar-refractivity contribution >= 4 is 27.3 Å². The predicted octanol–water partition coefficient (Wildman–Crippen LogP) is 2.98. The Bertz CT molecular complexity index is 284. The lowest BCUT2D eigenvalue weighted by Gasteiger charge is -2.12. The molecule has 1 nitrogen and oxygen atoms in total. The first-order valence-corrected chi connectivity index (χ1v) is 5.04. The zero-order valence-electron chi connectivity index (χ0n) is 6.31. The van der Waals surface area contributed by atoms with Crippen LogP contribution in [-0.4, -0.2) is 17.4 Å². The molecule has 0 radical (unpaired) electrons. The van der Waals surface area contributed by atoms with Gasteiger partial charge in [0.15, 0.2) is 6.10 Å². The minimum atomic E-state index is -4.53. The Hall–Kier alpha value is -0.0700. The molecule has 1 rings (SSSR count). The number of halogens is 4. The van der Waals surface area contributed by atoms with E-state index in [1.165, 1.54) is 11.3 Å². The lowest BCUT2D eigenvalue weighted by Crippen LogP contribution is -2.30. The quantitative estimate of drug-likeness (QED) is 0.879. The zero-order valence-corrected chi connectivity index (χ0v) is 8.71. The predicted molar refractivity (Wildman–Crippen MR) is 47.8 cm³/mol. The molecular formula is C7H6BrF3OS. The van der Waals surface area contributed by atoms with E-state index >= 15 is 0 Å². The van der Waals surface area contributed by atoms with E-state index in [-0.39, 0.29) is 6.42 Å². The maximum absolute atomic E-state index is 11.9. The Labute approximate surface area is 85.3 Å². The maximum Gasteiger partial charge on any atom is 0.414 e. The Kier molecular flexibility index (Phi) is 3.37. The van der Waals surface area contributed by atoms with Gasteiger partial charge in [-0.15, -0.1) is 11.3 Å². The summed E-state index contributed by atoms with van der Waals surface area (Å²) >= 11 is 4.31. The second kappa shape index (κ2) is 3.98. The van der Waals surface area contributed by atoms with Crippen molar-refractivity contribution in [2.45, 2.75) is 18.7 Å². The van der Waals surface area contributed by atoms with Gasteiger partial charge in [-0.2, -0.15) is 13.2 Å². The Balaban J connectivity index is 2.60. The van der Waals surface area contributed by atoms with Gasteiger partial charge in [0.05, 0.1) is 0 Å². The van der Waals surface area contributed by atoms with Crippen molar-refractivity contribution in [1.82, 2.24) is 0 Å². The van der Waals surface area contributed by atoms with Gasteiger partial charge >= 0.3 is 6.18 Å². The highest BCUT2D eigenvalue weighted by Gasteiger charge is 2.38. The van der Waals surface area contributed by atoms with Crippen molar-refractivity contribution in [3.8, 4) is 0 Å². The minimum absolute atomic E-state index is 0.375. The molecule has 1 heterocycles. The molecule has 6 heteroatoms. The molecule has 74 valence electrons. The number of alkyl halides is 3. The summed E-state index contributed by atoms with van der Waals surface area (Å²) in [5, 5.41) is 10.4. The third-order valence-corrected chi connectivity index (χ3v) is 3.11. The van der Waals surface area contributed by atoms with E-state index < -0.39 is 12.3 Å². The first-order chi connectivity index (χ1) is 5.89. The summed E-state index contributed by atoms with van der Waals surface area (Å²) in [4.78, 5) is 0.511. The molecule has 13 heavy (non-hydrogen) atoms.